The van der Waals surface area contributed by atoms with Crippen LogP contribution in [0.5, 0.6) is 0 Å². The molecule has 1 rings (SSSR count). The molecule has 0 saturated carbocycles. The van der Waals surface area contributed by atoms with Crippen molar-refractivity contribution in [1.29, 1.82) is 5.26 Å². The fraction of sp³-hybridized carbons (Fsp3) is 0.182. The molecule has 3 nitrogen and oxygen atoms in total. The summed E-state index contributed by atoms with van der Waals surface area (Å²) in [7, 11) is 0. The number of rotatable bonds is 3. The Balaban J connectivity index is 2.76. The number of carbonyl (C=O) groups excluding carboxylic acids is 1. The Labute approximate surface area is 82.7 Å². The van der Waals surface area contributed by atoms with Crippen LogP contribution in [0, 0.1) is 18.3 Å². The highest BCUT2D eigenvalue weighted by Crippen LogP contribution is 2.07. The topological polar surface area (TPSA) is 53.8 Å². The number of pyridine rings is 1. The van der Waals surface area contributed by atoms with Gasteiger partial charge in [0.2, 0.25) is 0 Å². The van der Waals surface area contributed by atoms with Crippen LogP contribution < -0.4 is 0 Å². The van der Waals surface area contributed by atoms with Gasteiger partial charge in [-0.3, -0.25) is 9.78 Å². The highest BCUT2D eigenvalue weighted by molar-refractivity contribution is 5.97. The van der Waals surface area contributed by atoms with Crippen LogP contribution in [-0.2, 0) is 0 Å². The van der Waals surface area contributed by atoms with Gasteiger partial charge in [-0.25, -0.2) is 0 Å². The maximum absolute atomic E-state index is 11.5. The van der Waals surface area contributed by atoms with Crippen molar-refractivity contribution in [2.75, 3.05) is 0 Å². The van der Waals surface area contributed by atoms with Crippen LogP contribution in [0.15, 0.2) is 30.5 Å². The zero-order valence-corrected chi connectivity index (χ0v) is 7.90. The average Bonchev–Trinajstić information content (AvgIpc) is 2.18. The molecule has 0 aliphatic rings. The molecule has 0 unspecified atom stereocenters. The molecule has 70 valence electrons. The zero-order valence-electron chi connectivity index (χ0n) is 7.90. The largest absolute Gasteiger partial charge is 0.294 e. The summed E-state index contributed by atoms with van der Waals surface area (Å²) in [6.45, 7) is 1.79. The summed E-state index contributed by atoms with van der Waals surface area (Å²) >= 11 is 0. The molecule has 0 N–H and O–H groups in total. The number of nitriles is 1. The van der Waals surface area contributed by atoms with Gasteiger partial charge in [0.15, 0.2) is 5.78 Å². The molecular formula is C11H10N2O. The van der Waals surface area contributed by atoms with Crippen LogP contribution in [0.4, 0.5) is 0 Å². The second-order valence-corrected chi connectivity index (χ2v) is 2.80. The Bertz CT molecular complexity index is 402. The summed E-state index contributed by atoms with van der Waals surface area (Å²) in [5.74, 6) is -0.0119. The van der Waals surface area contributed by atoms with Gasteiger partial charge in [-0.2, -0.15) is 5.26 Å². The second-order valence-electron chi connectivity index (χ2n) is 2.80. The quantitative estimate of drug-likeness (QED) is 0.536. The molecule has 0 atom stereocenters. The number of aryl methyl sites for hydroxylation is 1. The predicted octanol–water partition coefficient (Wildman–Crippen LogP) is 2.04. The van der Waals surface area contributed by atoms with Gasteiger partial charge in [-0.05, 0) is 19.1 Å². The molecule has 1 heterocycles. The van der Waals surface area contributed by atoms with E-state index in [2.05, 4.69) is 4.98 Å². The number of hydrogen-bond donors (Lipinski definition) is 0. The molecule has 0 fully saturated rings. The first-order chi connectivity index (χ1) is 6.75. The van der Waals surface area contributed by atoms with Crippen LogP contribution in [0.1, 0.15) is 22.5 Å². The van der Waals surface area contributed by atoms with E-state index in [0.717, 1.165) is 5.69 Å². The van der Waals surface area contributed by atoms with Gasteiger partial charge in [-0.15, -0.1) is 0 Å². The van der Waals surface area contributed by atoms with Crippen molar-refractivity contribution in [2.24, 2.45) is 0 Å². The Hall–Kier alpha value is -1.95. The normalized spacial score (nSPS) is 10.0. The summed E-state index contributed by atoms with van der Waals surface area (Å²) in [6.07, 6.45) is 4.76. The van der Waals surface area contributed by atoms with Crippen molar-refractivity contribution in [3.05, 3.63) is 41.7 Å². The van der Waals surface area contributed by atoms with E-state index in [1.807, 2.05) is 6.07 Å². The third-order valence-electron chi connectivity index (χ3n) is 1.80. The Morgan fingerprint density at radius 3 is 3.14 bits per heavy atom. The fourth-order valence-corrected chi connectivity index (χ4v) is 1.11. The number of nitrogens with zero attached hydrogens (tertiary/aromatic N) is 2. The predicted molar refractivity (Wildman–Crippen MR) is 52.7 cm³/mol. The molecule has 0 spiro atoms. The summed E-state index contributed by atoms with van der Waals surface area (Å²) in [5.41, 5.74) is 1.35. The van der Waals surface area contributed by atoms with E-state index in [-0.39, 0.29) is 12.2 Å². The summed E-state index contributed by atoms with van der Waals surface area (Å²) in [5, 5.41) is 8.24. The first kappa shape index (κ1) is 10.1. The minimum absolute atomic E-state index is 0.0119. The minimum Gasteiger partial charge on any atom is -0.294 e. The molecule has 0 saturated heterocycles. The van der Waals surface area contributed by atoms with Crippen LogP contribution in [0.25, 0.3) is 0 Å². The third-order valence-corrected chi connectivity index (χ3v) is 1.80. The van der Waals surface area contributed by atoms with Crippen molar-refractivity contribution < 1.29 is 4.79 Å². The fourth-order valence-electron chi connectivity index (χ4n) is 1.11. The van der Waals surface area contributed by atoms with Crippen molar-refractivity contribution in [3.63, 3.8) is 0 Å². The molecule has 0 aromatic carbocycles. The number of Topliss-reactive ketones (excluding diaryl/α,β-unsaturated/α-hetero) is 1. The summed E-state index contributed by atoms with van der Waals surface area (Å²) in [4.78, 5) is 15.6. The first-order valence-corrected chi connectivity index (χ1v) is 4.25. The van der Waals surface area contributed by atoms with Gasteiger partial charge in [0.25, 0.3) is 0 Å². The lowest BCUT2D eigenvalue weighted by Gasteiger charge is -2.00. The van der Waals surface area contributed by atoms with E-state index < -0.39 is 0 Å². The maximum Gasteiger partial charge on any atom is 0.168 e. The van der Waals surface area contributed by atoms with Crippen molar-refractivity contribution >= 4 is 5.78 Å². The standard InChI is InChI=1S/C11H10N2O/c1-9-10(5-4-8-13-9)11(14)6-2-3-7-12/h2-5,8H,6H2,1H3. The van der Waals surface area contributed by atoms with Crippen LogP contribution in [0.2, 0.25) is 0 Å². The van der Waals surface area contributed by atoms with Crippen molar-refractivity contribution in [3.8, 4) is 6.07 Å². The van der Waals surface area contributed by atoms with E-state index in [0.29, 0.717) is 5.56 Å². The van der Waals surface area contributed by atoms with Gasteiger partial charge < -0.3 is 0 Å². The lowest BCUT2D eigenvalue weighted by atomic mass is 10.1. The number of allylic oxidation sites excluding steroid dienone is 2. The third kappa shape index (κ3) is 2.53. The van der Waals surface area contributed by atoms with Gasteiger partial charge in [0, 0.05) is 30.0 Å². The zero-order chi connectivity index (χ0) is 10.4. The molecule has 1 aromatic heterocycles. The highest BCUT2D eigenvalue weighted by Gasteiger charge is 2.06. The van der Waals surface area contributed by atoms with Gasteiger partial charge in [0.1, 0.15) is 0 Å². The molecule has 0 aliphatic heterocycles. The number of carbonyl (C=O) groups is 1. The van der Waals surface area contributed by atoms with Crippen LogP contribution >= 0.6 is 0 Å². The summed E-state index contributed by atoms with van der Waals surface area (Å²) < 4.78 is 0. The molecule has 14 heavy (non-hydrogen) atoms. The lowest BCUT2D eigenvalue weighted by molar-refractivity contribution is 0.0995. The first-order valence-electron chi connectivity index (χ1n) is 4.25. The number of hydrogen-bond acceptors (Lipinski definition) is 3. The van der Waals surface area contributed by atoms with E-state index >= 15 is 0 Å². The van der Waals surface area contributed by atoms with Crippen molar-refractivity contribution in [1.82, 2.24) is 4.98 Å². The smallest absolute Gasteiger partial charge is 0.168 e. The Morgan fingerprint density at radius 1 is 1.71 bits per heavy atom. The van der Waals surface area contributed by atoms with Crippen LogP contribution in [0.3, 0.4) is 0 Å². The van der Waals surface area contributed by atoms with E-state index in [9.17, 15) is 4.79 Å². The maximum atomic E-state index is 11.5. The molecule has 1 aromatic rings. The molecular weight excluding hydrogens is 176 g/mol. The van der Waals surface area contributed by atoms with E-state index in [1.165, 1.54) is 6.08 Å². The molecule has 0 radical (unpaired) electrons. The van der Waals surface area contributed by atoms with Gasteiger partial charge in [-0.1, -0.05) is 6.08 Å². The van der Waals surface area contributed by atoms with Crippen LogP contribution in [-0.4, -0.2) is 10.8 Å². The SMILES string of the molecule is Cc1ncccc1C(=O)CC=CC#N. The molecule has 0 bridgehead atoms. The van der Waals surface area contributed by atoms with E-state index in [1.54, 1.807) is 31.3 Å². The number of ketones is 1. The van der Waals surface area contributed by atoms with E-state index in [4.69, 9.17) is 5.26 Å². The highest BCUT2D eigenvalue weighted by atomic mass is 16.1. The molecule has 0 aliphatic carbocycles. The monoisotopic (exact) mass is 186 g/mol. The average molecular weight is 186 g/mol. The van der Waals surface area contributed by atoms with Crippen molar-refractivity contribution in [2.45, 2.75) is 13.3 Å². The van der Waals surface area contributed by atoms with Gasteiger partial charge >= 0.3 is 0 Å². The minimum atomic E-state index is -0.0119. The Kier molecular flexibility index (Phi) is 3.57. The Morgan fingerprint density at radius 2 is 2.50 bits per heavy atom. The molecule has 0 amide bonds. The lowest BCUT2D eigenvalue weighted by Crippen LogP contribution is -2.01. The molecule has 3 heteroatoms. The van der Waals surface area contributed by atoms with Gasteiger partial charge in [0.05, 0.1) is 6.07 Å². The second kappa shape index (κ2) is 4.93. The summed E-state index contributed by atoms with van der Waals surface area (Å²) in [6, 6.07) is 5.31. The number of aromatic nitrogens is 1.